The van der Waals surface area contributed by atoms with Crippen molar-refractivity contribution < 1.29 is 27.1 Å². The maximum atomic E-state index is 15.2. The number of likely N-dealkylation sites (N-methyl/N-ethyl adjacent to an activating group) is 1. The zero-order valence-electron chi connectivity index (χ0n) is 20.2. The van der Waals surface area contributed by atoms with Crippen molar-refractivity contribution >= 4 is 28.5 Å². The summed E-state index contributed by atoms with van der Waals surface area (Å²) in [6.45, 7) is 2.42. The van der Waals surface area contributed by atoms with Gasteiger partial charge in [0.15, 0.2) is 0 Å². The number of nitrogens with one attached hydrogen (secondary N) is 1. The van der Waals surface area contributed by atoms with Gasteiger partial charge in [-0.3, -0.25) is 15.0 Å². The number of aromatic nitrogens is 2. The third-order valence-corrected chi connectivity index (χ3v) is 6.49. The van der Waals surface area contributed by atoms with E-state index in [1.54, 1.807) is 28.9 Å². The van der Waals surface area contributed by atoms with Crippen LogP contribution >= 0.6 is 0 Å². The second kappa shape index (κ2) is 9.54. The molecule has 0 saturated carbocycles. The smallest absolute Gasteiger partial charge is 0.441 e. The number of aryl methyl sites for hydroxylation is 1. The molecule has 2 aliphatic rings. The number of hydrogen-bond donors (Lipinski definition) is 1. The standard InChI is InChI=1S/C24H25F4N7O2/c1-32-7-9-34(10-8-32)23(36)35(18-6-5-16-13-29-33(2)20(16)12-18)14-17-4-3-15(11-19(17)25)21-30-31-22(37-21)24(26,27)28/h3-6,11-13,22,31H,7-10,14H2,1-2H3. The molecule has 0 spiro atoms. The second-order valence-corrected chi connectivity index (χ2v) is 9.06. The summed E-state index contributed by atoms with van der Waals surface area (Å²) in [5.41, 5.74) is 3.48. The number of carbonyl (C=O) groups excluding carboxylic acids is 1. The predicted octanol–water partition coefficient (Wildman–Crippen LogP) is 3.26. The van der Waals surface area contributed by atoms with Gasteiger partial charge in [-0.15, -0.1) is 5.10 Å². The number of amides is 2. The normalized spacial score (nSPS) is 18.5. The summed E-state index contributed by atoms with van der Waals surface area (Å²) in [7, 11) is 3.78. The molecule has 1 aromatic heterocycles. The molecule has 37 heavy (non-hydrogen) atoms. The molecule has 13 heteroatoms. The fraction of sp³-hybridized carbons (Fsp3) is 0.375. The highest BCUT2D eigenvalue weighted by molar-refractivity contribution is 5.96. The molecule has 5 rings (SSSR count). The molecule has 1 atom stereocenters. The molecule has 2 aromatic carbocycles. The molecule has 1 unspecified atom stereocenters. The van der Waals surface area contributed by atoms with Crippen molar-refractivity contribution in [1.29, 1.82) is 0 Å². The minimum absolute atomic E-state index is 0.0498. The first-order chi connectivity index (χ1) is 17.6. The zero-order valence-corrected chi connectivity index (χ0v) is 20.2. The average molecular weight is 520 g/mol. The Labute approximate surface area is 209 Å². The van der Waals surface area contributed by atoms with Gasteiger partial charge in [-0.1, -0.05) is 6.07 Å². The molecule has 9 nitrogen and oxygen atoms in total. The second-order valence-electron chi connectivity index (χ2n) is 9.06. The van der Waals surface area contributed by atoms with Crippen LogP contribution in [0.4, 0.5) is 28.0 Å². The van der Waals surface area contributed by atoms with Crippen LogP contribution in [0.25, 0.3) is 10.9 Å². The number of halogens is 4. The van der Waals surface area contributed by atoms with E-state index in [2.05, 4.69) is 15.1 Å². The number of hydrogen-bond acceptors (Lipinski definition) is 6. The van der Waals surface area contributed by atoms with Gasteiger partial charge >= 0.3 is 12.2 Å². The van der Waals surface area contributed by atoms with E-state index in [9.17, 15) is 18.0 Å². The Balaban J connectivity index is 1.42. The summed E-state index contributed by atoms with van der Waals surface area (Å²) < 4.78 is 60.3. The number of rotatable bonds is 4. The number of nitrogens with zero attached hydrogens (tertiary/aromatic N) is 6. The van der Waals surface area contributed by atoms with Gasteiger partial charge in [-0.05, 0) is 37.4 Å². The van der Waals surface area contributed by atoms with Crippen molar-refractivity contribution in [2.45, 2.75) is 18.9 Å². The van der Waals surface area contributed by atoms with Crippen LogP contribution in [0.15, 0.2) is 47.7 Å². The molecular formula is C24H25F4N7O2. The molecular weight excluding hydrogens is 494 g/mol. The molecule has 3 aromatic rings. The van der Waals surface area contributed by atoms with E-state index in [0.29, 0.717) is 18.8 Å². The van der Waals surface area contributed by atoms with E-state index in [0.717, 1.165) is 30.1 Å². The van der Waals surface area contributed by atoms with E-state index in [1.807, 2.05) is 24.6 Å². The molecule has 196 valence electrons. The first kappa shape index (κ1) is 24.8. The van der Waals surface area contributed by atoms with E-state index < -0.39 is 18.2 Å². The van der Waals surface area contributed by atoms with Crippen LogP contribution in [-0.2, 0) is 18.3 Å². The Morgan fingerprint density at radius 3 is 2.57 bits per heavy atom. The fourth-order valence-corrected chi connectivity index (χ4v) is 4.27. The van der Waals surface area contributed by atoms with Crippen molar-refractivity contribution in [2.75, 3.05) is 38.1 Å². The topological polar surface area (TPSA) is 78.2 Å². The summed E-state index contributed by atoms with van der Waals surface area (Å²) in [6, 6.07) is 9.09. The van der Waals surface area contributed by atoms with Crippen LogP contribution in [0.2, 0.25) is 0 Å². The number of hydrazone groups is 1. The average Bonchev–Trinajstić information content (AvgIpc) is 3.51. The van der Waals surface area contributed by atoms with Gasteiger partial charge in [-0.25, -0.2) is 9.18 Å². The third kappa shape index (κ3) is 5.03. The van der Waals surface area contributed by atoms with Crippen LogP contribution in [-0.4, -0.2) is 77.1 Å². The number of fused-ring (bicyclic) bond motifs is 1. The molecule has 1 N–H and O–H groups in total. The molecule has 1 saturated heterocycles. The van der Waals surface area contributed by atoms with E-state index in [1.165, 1.54) is 17.0 Å². The van der Waals surface area contributed by atoms with Crippen molar-refractivity contribution in [3.63, 3.8) is 0 Å². The van der Waals surface area contributed by atoms with Crippen molar-refractivity contribution in [2.24, 2.45) is 12.1 Å². The highest BCUT2D eigenvalue weighted by Crippen LogP contribution is 2.28. The zero-order chi connectivity index (χ0) is 26.3. The van der Waals surface area contributed by atoms with Crippen LogP contribution in [0.3, 0.4) is 0 Å². The fourth-order valence-electron chi connectivity index (χ4n) is 4.27. The lowest BCUT2D eigenvalue weighted by molar-refractivity contribution is -0.201. The van der Waals surface area contributed by atoms with E-state index >= 15 is 4.39 Å². The highest BCUT2D eigenvalue weighted by atomic mass is 19.4. The van der Waals surface area contributed by atoms with Gasteiger partial charge in [0, 0.05) is 55.4 Å². The largest absolute Gasteiger partial charge is 0.446 e. The van der Waals surface area contributed by atoms with E-state index in [4.69, 9.17) is 4.74 Å². The summed E-state index contributed by atoms with van der Waals surface area (Å²) >= 11 is 0. The molecule has 0 radical (unpaired) electrons. The maximum Gasteiger partial charge on any atom is 0.446 e. The summed E-state index contributed by atoms with van der Waals surface area (Å²) in [5, 5.41) is 8.68. The van der Waals surface area contributed by atoms with Crippen molar-refractivity contribution in [1.82, 2.24) is 25.0 Å². The van der Waals surface area contributed by atoms with Crippen LogP contribution < -0.4 is 10.3 Å². The van der Waals surface area contributed by atoms with Crippen LogP contribution in [0.1, 0.15) is 11.1 Å². The first-order valence-electron chi connectivity index (χ1n) is 11.6. The molecule has 0 bridgehead atoms. The molecule has 2 amide bonds. The van der Waals surface area contributed by atoms with E-state index in [-0.39, 0.29) is 29.6 Å². The van der Waals surface area contributed by atoms with Gasteiger partial charge in [0.25, 0.3) is 6.23 Å². The molecule has 1 fully saturated rings. The van der Waals surface area contributed by atoms with Gasteiger partial charge in [0.2, 0.25) is 5.90 Å². The summed E-state index contributed by atoms with van der Waals surface area (Å²) in [4.78, 5) is 19.0. The van der Waals surface area contributed by atoms with Gasteiger partial charge in [0.05, 0.1) is 18.3 Å². The predicted molar refractivity (Wildman–Crippen MR) is 128 cm³/mol. The van der Waals surface area contributed by atoms with Crippen molar-refractivity contribution in [3.05, 3.63) is 59.5 Å². The van der Waals surface area contributed by atoms with Crippen molar-refractivity contribution in [3.8, 4) is 0 Å². The lowest BCUT2D eigenvalue weighted by atomic mass is 10.1. The number of piperazine rings is 1. The lowest BCUT2D eigenvalue weighted by Gasteiger charge is -2.36. The number of anilines is 1. The number of alkyl halides is 3. The number of benzene rings is 2. The summed E-state index contributed by atoms with van der Waals surface area (Å²) in [6.07, 6.45) is -5.23. The number of urea groups is 1. The number of carbonyl (C=O) groups is 1. The maximum absolute atomic E-state index is 15.2. The van der Waals surface area contributed by atoms with Crippen LogP contribution in [0, 0.1) is 5.82 Å². The monoisotopic (exact) mass is 519 g/mol. The lowest BCUT2D eigenvalue weighted by Crippen LogP contribution is -2.52. The third-order valence-electron chi connectivity index (χ3n) is 6.49. The number of ether oxygens (including phenoxy) is 1. The van der Waals surface area contributed by atoms with Gasteiger partial charge in [0.1, 0.15) is 5.82 Å². The SMILES string of the molecule is CN1CCN(C(=O)N(Cc2ccc(C3=NNC(C(F)(F)F)O3)cc2F)c2ccc3cnn(C)c3c2)CC1. The minimum Gasteiger partial charge on any atom is -0.441 e. The quantitative estimate of drug-likeness (QED) is 0.536. The van der Waals surface area contributed by atoms with Gasteiger partial charge in [-0.2, -0.15) is 18.3 Å². The molecule has 3 heterocycles. The first-order valence-corrected chi connectivity index (χ1v) is 11.6. The molecule has 2 aliphatic heterocycles. The Hall–Kier alpha value is -3.87. The minimum atomic E-state index is -4.66. The Bertz CT molecular complexity index is 1350. The highest BCUT2D eigenvalue weighted by Gasteiger charge is 2.45. The Kier molecular flexibility index (Phi) is 6.40. The Morgan fingerprint density at radius 1 is 1.14 bits per heavy atom. The summed E-state index contributed by atoms with van der Waals surface area (Å²) in [5.74, 6) is -1.06. The van der Waals surface area contributed by atoms with Gasteiger partial charge < -0.3 is 14.5 Å². The Morgan fingerprint density at radius 2 is 1.89 bits per heavy atom. The molecule has 0 aliphatic carbocycles. The van der Waals surface area contributed by atoms with Crippen LogP contribution in [0.5, 0.6) is 0 Å².